The van der Waals surface area contributed by atoms with Gasteiger partial charge in [-0.2, -0.15) is 0 Å². The van der Waals surface area contributed by atoms with Gasteiger partial charge in [-0.1, -0.05) is 78.9 Å². The van der Waals surface area contributed by atoms with E-state index in [2.05, 4.69) is 85.8 Å². The van der Waals surface area contributed by atoms with Crippen LogP contribution in [0.3, 0.4) is 0 Å². The van der Waals surface area contributed by atoms with Crippen molar-refractivity contribution in [2.24, 2.45) is 0 Å². The smallest absolute Gasteiger partial charge is 0.0103 e. The maximum atomic E-state index is 2.20. The first kappa shape index (κ1) is 11.7. The number of benzene rings is 3. The molecule has 0 aliphatic heterocycles. The normalized spacial score (nSPS) is 11.7. The van der Waals surface area contributed by atoms with Crippen molar-refractivity contribution >= 4 is 16.3 Å². The van der Waals surface area contributed by atoms with Crippen molar-refractivity contribution in [1.29, 1.82) is 0 Å². The Morgan fingerprint density at radius 3 is 2.21 bits per heavy atom. The second-order valence-corrected chi connectivity index (χ2v) is 4.60. The molecule has 0 aliphatic rings. The van der Waals surface area contributed by atoms with E-state index in [1.54, 1.807) is 0 Å². The lowest BCUT2D eigenvalue weighted by Crippen LogP contribution is -1.89. The molecule has 0 saturated heterocycles. The van der Waals surface area contributed by atoms with Crippen LogP contribution in [0, 0.1) is 0 Å². The van der Waals surface area contributed by atoms with Gasteiger partial charge in [0.1, 0.15) is 0 Å². The van der Waals surface area contributed by atoms with Crippen LogP contribution in [-0.2, 0) is 0 Å². The first-order valence-electron chi connectivity index (χ1n) is 6.60. The van der Waals surface area contributed by atoms with Crippen molar-refractivity contribution in [2.75, 3.05) is 0 Å². The van der Waals surface area contributed by atoms with Gasteiger partial charge in [-0.15, -0.1) is 0 Å². The van der Waals surface area contributed by atoms with E-state index < -0.39 is 0 Å². The van der Waals surface area contributed by atoms with Gasteiger partial charge in [0.15, 0.2) is 0 Å². The van der Waals surface area contributed by atoms with Crippen LogP contribution < -0.4 is 0 Å². The van der Waals surface area contributed by atoms with Gasteiger partial charge in [-0.05, 0) is 34.4 Å². The first-order chi connectivity index (χ1) is 9.40. The number of hydrogen-bond acceptors (Lipinski definition) is 0. The van der Waals surface area contributed by atoms with E-state index in [9.17, 15) is 0 Å². The second-order valence-electron chi connectivity index (χ2n) is 4.60. The third-order valence-corrected chi connectivity index (χ3v) is 3.45. The number of allylic oxidation sites excluding steroid dienone is 1. The molecule has 92 valence electrons. The lowest BCUT2D eigenvalue weighted by molar-refractivity contribution is 1.55. The fourth-order valence-corrected chi connectivity index (χ4v) is 2.56. The summed E-state index contributed by atoms with van der Waals surface area (Å²) in [5, 5.41) is 2.59. The largest absolute Gasteiger partial charge is 0.0792 e. The Balaban J connectivity index is 2.24. The minimum Gasteiger partial charge on any atom is -0.0792 e. The Morgan fingerprint density at radius 1 is 0.737 bits per heavy atom. The summed E-state index contributed by atoms with van der Waals surface area (Å²) in [6.07, 6.45) is 2.19. The molecule has 19 heavy (non-hydrogen) atoms. The Bertz CT molecular complexity index is 716. The van der Waals surface area contributed by atoms with E-state index in [0.29, 0.717) is 0 Å². The molecule has 0 unspecified atom stereocenters. The highest BCUT2D eigenvalue weighted by Gasteiger charge is 2.07. The van der Waals surface area contributed by atoms with E-state index in [1.807, 2.05) is 0 Å². The SMILES string of the molecule is C/C=C(\c1ccccc1)c1cccc2ccccc12. The maximum absolute atomic E-state index is 2.20. The molecule has 0 saturated carbocycles. The first-order valence-corrected chi connectivity index (χ1v) is 6.60. The quantitative estimate of drug-likeness (QED) is 0.574. The number of hydrogen-bond donors (Lipinski definition) is 0. The monoisotopic (exact) mass is 244 g/mol. The summed E-state index contributed by atoms with van der Waals surface area (Å²) in [6, 6.07) is 25.6. The molecule has 0 aromatic heterocycles. The predicted octanol–water partition coefficient (Wildman–Crippen LogP) is 5.29. The van der Waals surface area contributed by atoms with Crippen LogP contribution in [0.25, 0.3) is 16.3 Å². The summed E-state index contributed by atoms with van der Waals surface area (Å²) in [5.41, 5.74) is 3.85. The van der Waals surface area contributed by atoms with Crippen LogP contribution in [-0.4, -0.2) is 0 Å². The molecule has 0 nitrogen and oxygen atoms in total. The van der Waals surface area contributed by atoms with Crippen LogP contribution >= 0.6 is 0 Å². The Kier molecular flexibility index (Phi) is 3.16. The molecular formula is C19H16. The van der Waals surface area contributed by atoms with Crippen LogP contribution in [0.15, 0.2) is 78.9 Å². The van der Waals surface area contributed by atoms with Gasteiger partial charge in [0.25, 0.3) is 0 Å². The van der Waals surface area contributed by atoms with E-state index in [1.165, 1.54) is 27.5 Å². The van der Waals surface area contributed by atoms with Gasteiger partial charge in [-0.25, -0.2) is 0 Å². The molecule has 0 radical (unpaired) electrons. The molecule has 0 aliphatic carbocycles. The van der Waals surface area contributed by atoms with E-state index in [0.717, 1.165) is 0 Å². The van der Waals surface area contributed by atoms with Gasteiger partial charge < -0.3 is 0 Å². The fourth-order valence-electron chi connectivity index (χ4n) is 2.56. The highest BCUT2D eigenvalue weighted by atomic mass is 14.1. The molecule has 0 N–H and O–H groups in total. The average Bonchev–Trinajstić information content (AvgIpc) is 2.49. The molecule has 0 heteroatoms. The molecule has 0 atom stereocenters. The van der Waals surface area contributed by atoms with Crippen LogP contribution in [0.1, 0.15) is 18.1 Å². The molecule has 0 spiro atoms. The van der Waals surface area contributed by atoms with Gasteiger partial charge in [-0.3, -0.25) is 0 Å². The number of fused-ring (bicyclic) bond motifs is 1. The van der Waals surface area contributed by atoms with Crippen LogP contribution in [0.5, 0.6) is 0 Å². The molecule has 3 aromatic carbocycles. The van der Waals surface area contributed by atoms with E-state index in [4.69, 9.17) is 0 Å². The Labute approximate surface area is 114 Å². The highest BCUT2D eigenvalue weighted by Crippen LogP contribution is 2.29. The van der Waals surface area contributed by atoms with Gasteiger partial charge in [0.2, 0.25) is 0 Å². The zero-order chi connectivity index (χ0) is 13.1. The summed E-state index contributed by atoms with van der Waals surface area (Å²) < 4.78 is 0. The van der Waals surface area contributed by atoms with Crippen molar-refractivity contribution in [1.82, 2.24) is 0 Å². The van der Waals surface area contributed by atoms with Gasteiger partial charge in [0, 0.05) is 0 Å². The zero-order valence-corrected chi connectivity index (χ0v) is 11.0. The van der Waals surface area contributed by atoms with Crippen LogP contribution in [0.2, 0.25) is 0 Å². The lowest BCUT2D eigenvalue weighted by Gasteiger charge is -2.11. The third-order valence-electron chi connectivity index (χ3n) is 3.45. The van der Waals surface area contributed by atoms with Crippen molar-refractivity contribution in [3.8, 4) is 0 Å². The van der Waals surface area contributed by atoms with Crippen molar-refractivity contribution in [2.45, 2.75) is 6.92 Å². The molecule has 3 rings (SSSR count). The van der Waals surface area contributed by atoms with Crippen LogP contribution in [0.4, 0.5) is 0 Å². The molecule has 0 heterocycles. The number of rotatable bonds is 2. The molecule has 3 aromatic rings. The summed E-state index contributed by atoms with van der Waals surface area (Å²) in [4.78, 5) is 0. The van der Waals surface area contributed by atoms with Crippen molar-refractivity contribution < 1.29 is 0 Å². The van der Waals surface area contributed by atoms with Gasteiger partial charge in [0.05, 0.1) is 0 Å². The average molecular weight is 244 g/mol. The Morgan fingerprint density at radius 2 is 1.42 bits per heavy atom. The summed E-state index contributed by atoms with van der Waals surface area (Å²) in [5.74, 6) is 0. The van der Waals surface area contributed by atoms with Gasteiger partial charge >= 0.3 is 0 Å². The summed E-state index contributed by atoms with van der Waals surface area (Å²) >= 11 is 0. The minimum absolute atomic E-state index is 1.27. The molecule has 0 bridgehead atoms. The minimum atomic E-state index is 1.27. The maximum Gasteiger partial charge on any atom is -0.0103 e. The lowest BCUT2D eigenvalue weighted by atomic mass is 9.93. The summed E-state index contributed by atoms with van der Waals surface area (Å²) in [6.45, 7) is 2.10. The standard InChI is InChI=1S/C19H16/c1-2-17(15-9-4-3-5-10-15)19-14-8-12-16-11-6-7-13-18(16)19/h2-14H,1H3/b17-2+. The zero-order valence-electron chi connectivity index (χ0n) is 11.0. The highest BCUT2D eigenvalue weighted by molar-refractivity contribution is 5.97. The third kappa shape index (κ3) is 2.17. The molecule has 0 fully saturated rings. The fraction of sp³-hybridized carbons (Fsp3) is 0.0526. The summed E-state index contributed by atoms with van der Waals surface area (Å²) in [7, 11) is 0. The van der Waals surface area contributed by atoms with E-state index in [-0.39, 0.29) is 0 Å². The predicted molar refractivity (Wildman–Crippen MR) is 83.1 cm³/mol. The Hall–Kier alpha value is -2.34. The van der Waals surface area contributed by atoms with Crippen molar-refractivity contribution in [3.63, 3.8) is 0 Å². The molecular weight excluding hydrogens is 228 g/mol. The topological polar surface area (TPSA) is 0 Å². The molecule has 0 amide bonds. The second kappa shape index (κ2) is 5.11. The van der Waals surface area contributed by atoms with Crippen molar-refractivity contribution in [3.05, 3.63) is 90.0 Å². The van der Waals surface area contributed by atoms with E-state index >= 15 is 0 Å².